The maximum atomic E-state index is 11.1. The van der Waals surface area contributed by atoms with Crippen LogP contribution in [0.1, 0.15) is 21.5 Å². The number of carbonyl (C=O) groups excluding carboxylic acids is 1. The Morgan fingerprint density at radius 1 is 1.06 bits per heavy atom. The van der Waals surface area contributed by atoms with Gasteiger partial charge in [0.15, 0.2) is 0 Å². The number of fused-ring (bicyclic) bond motifs is 1. The Bertz CT molecular complexity index is 1320. The summed E-state index contributed by atoms with van der Waals surface area (Å²) in [5, 5.41) is 22.5. The number of carboxylic acids is 1. The minimum atomic E-state index is -1.18. The van der Waals surface area contributed by atoms with Crippen LogP contribution >= 0.6 is 11.8 Å². The number of carboxylic acid groups (broad SMARTS) is 1. The average Bonchev–Trinajstić information content (AvgIpc) is 2.82. The van der Waals surface area contributed by atoms with Crippen molar-refractivity contribution in [2.75, 3.05) is 11.9 Å². The van der Waals surface area contributed by atoms with Crippen LogP contribution in [0, 0.1) is 11.3 Å². The molecule has 0 aliphatic heterocycles. The van der Waals surface area contributed by atoms with Gasteiger partial charge in [0, 0.05) is 40.4 Å². The van der Waals surface area contributed by atoms with Crippen LogP contribution < -0.4 is 39.6 Å². The van der Waals surface area contributed by atoms with Crippen LogP contribution in [0.4, 0.5) is 11.4 Å². The predicted octanol–water partition coefficient (Wildman–Crippen LogP) is 1.53. The number of aromatic nitrogens is 1. The maximum absolute atomic E-state index is 11.1. The molecule has 32 heavy (non-hydrogen) atoms. The molecule has 0 aliphatic rings. The third-order valence-electron chi connectivity index (χ3n) is 5.06. The number of hydrogen-bond donors (Lipinski definition) is 0. The van der Waals surface area contributed by atoms with Gasteiger partial charge in [-0.25, -0.2) is 0 Å². The van der Waals surface area contributed by atoms with Gasteiger partial charge in [-0.1, -0.05) is 42.5 Å². The number of nitriles is 1. The summed E-state index contributed by atoms with van der Waals surface area (Å²) in [6, 6.07) is 22.6. The molecule has 0 fully saturated rings. The number of rotatable bonds is 6. The normalized spacial score (nSPS) is 10.2. The zero-order valence-electron chi connectivity index (χ0n) is 17.8. The number of benzene rings is 3. The van der Waals surface area contributed by atoms with E-state index in [4.69, 9.17) is 0 Å². The monoisotopic (exact) mass is 447 g/mol. The molecule has 0 saturated carbocycles. The van der Waals surface area contributed by atoms with Crippen molar-refractivity contribution in [3.8, 4) is 6.07 Å². The Hall–Kier alpha value is -2.82. The summed E-state index contributed by atoms with van der Waals surface area (Å²) in [6.45, 7) is 0. The molecule has 0 amide bonds. The number of nitrogens with zero attached hydrogens (tertiary/aromatic N) is 3. The van der Waals surface area contributed by atoms with Crippen molar-refractivity contribution in [3.63, 3.8) is 0 Å². The van der Waals surface area contributed by atoms with E-state index in [1.807, 2.05) is 61.8 Å². The molecular weight excluding hydrogens is 429 g/mol. The van der Waals surface area contributed by atoms with E-state index < -0.39 is 5.97 Å². The van der Waals surface area contributed by atoms with Gasteiger partial charge in [-0.3, -0.25) is 4.98 Å². The third kappa shape index (κ3) is 4.98. The number of hydrogen-bond acceptors (Lipinski definition) is 6. The molecule has 152 valence electrons. The van der Waals surface area contributed by atoms with Crippen LogP contribution in [0.15, 0.2) is 84.0 Å². The first-order chi connectivity index (χ1) is 15.1. The van der Waals surface area contributed by atoms with Gasteiger partial charge >= 0.3 is 29.6 Å². The molecule has 1 heterocycles. The Labute approximate surface area is 213 Å². The van der Waals surface area contributed by atoms with Crippen molar-refractivity contribution in [2.45, 2.75) is 10.6 Å². The van der Waals surface area contributed by atoms with Gasteiger partial charge in [0.2, 0.25) is 0 Å². The van der Waals surface area contributed by atoms with Crippen LogP contribution in [0.5, 0.6) is 0 Å². The van der Waals surface area contributed by atoms with Gasteiger partial charge in [-0.15, -0.1) is 11.8 Å². The maximum Gasteiger partial charge on any atom is 1.00 e. The molecule has 7 heteroatoms. The quantitative estimate of drug-likeness (QED) is 0.330. The van der Waals surface area contributed by atoms with Crippen LogP contribution in [0.2, 0.25) is 0 Å². The number of pyridine rings is 1. The molecule has 0 unspecified atom stereocenters. The smallest absolute Gasteiger partial charge is 0.545 e. The predicted molar refractivity (Wildman–Crippen MR) is 121 cm³/mol. The van der Waals surface area contributed by atoms with Crippen LogP contribution in [-0.2, 0) is 5.75 Å². The van der Waals surface area contributed by atoms with Crippen LogP contribution in [-0.4, -0.2) is 18.0 Å². The number of anilines is 2. The van der Waals surface area contributed by atoms with Gasteiger partial charge in [-0.05, 0) is 35.4 Å². The van der Waals surface area contributed by atoms with Crippen molar-refractivity contribution in [3.05, 3.63) is 95.8 Å². The number of aromatic carboxylic acids is 1. The zero-order valence-corrected chi connectivity index (χ0v) is 20.6. The molecular formula is C25H18N3NaO2S. The van der Waals surface area contributed by atoms with Gasteiger partial charge in [0.05, 0.1) is 29.5 Å². The summed E-state index contributed by atoms with van der Waals surface area (Å²) in [7, 11) is 1.98. The van der Waals surface area contributed by atoms with E-state index >= 15 is 0 Å². The van der Waals surface area contributed by atoms with Gasteiger partial charge in [-0.2, -0.15) is 5.26 Å². The third-order valence-corrected chi connectivity index (χ3v) is 6.20. The molecule has 0 atom stereocenters. The Balaban J connectivity index is 0.00000289. The standard InChI is InChI=1S/C25H19N3O2S.Na/c1-28(22-10-9-19(14-26)20-7-2-3-8-21(20)22)23-15-27-12-11-24(23)31-16-17-5-4-6-18(13-17)25(29)30;/h2-13,15H,16H2,1H3,(H,29,30);/q;+1/p-1. The van der Waals surface area contributed by atoms with E-state index in [-0.39, 0.29) is 35.1 Å². The largest absolute Gasteiger partial charge is 1.00 e. The van der Waals surface area contributed by atoms with Crippen molar-refractivity contribution >= 4 is 39.9 Å². The van der Waals surface area contributed by atoms with Crippen LogP contribution in [0.3, 0.4) is 0 Å². The van der Waals surface area contributed by atoms with E-state index in [1.165, 1.54) is 6.07 Å². The average molecular weight is 447 g/mol. The van der Waals surface area contributed by atoms with E-state index in [2.05, 4.69) is 16.0 Å². The fraction of sp³-hybridized carbons (Fsp3) is 0.0800. The summed E-state index contributed by atoms with van der Waals surface area (Å²) < 4.78 is 0. The molecule has 0 N–H and O–H groups in total. The van der Waals surface area contributed by atoms with E-state index in [0.717, 1.165) is 32.6 Å². The molecule has 0 radical (unpaired) electrons. The fourth-order valence-electron chi connectivity index (χ4n) is 3.50. The Morgan fingerprint density at radius 2 is 1.84 bits per heavy atom. The molecule has 4 rings (SSSR count). The van der Waals surface area contributed by atoms with Crippen molar-refractivity contribution in [1.82, 2.24) is 4.98 Å². The van der Waals surface area contributed by atoms with E-state index in [9.17, 15) is 15.2 Å². The van der Waals surface area contributed by atoms with Gasteiger partial charge in [0.25, 0.3) is 0 Å². The topological polar surface area (TPSA) is 80.1 Å². The molecule has 0 spiro atoms. The van der Waals surface area contributed by atoms with Gasteiger partial charge < -0.3 is 14.8 Å². The minimum Gasteiger partial charge on any atom is -0.545 e. The Kier molecular flexibility index (Phi) is 7.94. The summed E-state index contributed by atoms with van der Waals surface area (Å²) in [5.41, 5.74) is 3.62. The molecule has 3 aromatic carbocycles. The second-order valence-electron chi connectivity index (χ2n) is 6.97. The SMILES string of the molecule is CN(c1cnccc1SCc1cccc(C(=O)[O-])c1)c1ccc(C#N)c2ccccc12.[Na+]. The number of carbonyl (C=O) groups is 1. The van der Waals surface area contributed by atoms with E-state index in [1.54, 1.807) is 30.1 Å². The first-order valence-electron chi connectivity index (χ1n) is 9.61. The second-order valence-corrected chi connectivity index (χ2v) is 7.99. The first-order valence-corrected chi connectivity index (χ1v) is 10.6. The summed E-state index contributed by atoms with van der Waals surface area (Å²) >= 11 is 1.61. The molecule has 1 aromatic heterocycles. The van der Waals surface area contributed by atoms with Gasteiger partial charge in [0.1, 0.15) is 0 Å². The van der Waals surface area contributed by atoms with E-state index in [0.29, 0.717) is 11.3 Å². The van der Waals surface area contributed by atoms with Crippen molar-refractivity contribution in [2.24, 2.45) is 0 Å². The summed E-state index contributed by atoms with van der Waals surface area (Å²) in [6.07, 6.45) is 3.56. The first kappa shape index (κ1) is 23.8. The number of thioether (sulfide) groups is 1. The summed E-state index contributed by atoms with van der Waals surface area (Å²) in [4.78, 5) is 18.5. The van der Waals surface area contributed by atoms with Crippen molar-refractivity contribution in [1.29, 1.82) is 5.26 Å². The molecule has 0 bridgehead atoms. The zero-order chi connectivity index (χ0) is 21.8. The molecule has 0 aliphatic carbocycles. The fourth-order valence-corrected chi connectivity index (χ4v) is 4.50. The molecule has 5 nitrogen and oxygen atoms in total. The second kappa shape index (κ2) is 10.7. The molecule has 0 saturated heterocycles. The minimum absolute atomic E-state index is 0. The van der Waals surface area contributed by atoms with Crippen molar-refractivity contribution < 1.29 is 39.5 Å². The summed E-state index contributed by atoms with van der Waals surface area (Å²) in [5.74, 6) is -0.566. The Morgan fingerprint density at radius 3 is 2.59 bits per heavy atom. The van der Waals surface area contributed by atoms with Crippen LogP contribution in [0.25, 0.3) is 10.8 Å². The molecule has 4 aromatic rings.